The van der Waals surface area contributed by atoms with Crippen molar-refractivity contribution in [2.75, 3.05) is 5.75 Å². The van der Waals surface area contributed by atoms with Crippen LogP contribution in [0.25, 0.3) is 11.2 Å². The van der Waals surface area contributed by atoms with Gasteiger partial charge in [-0.1, -0.05) is 37.2 Å². The van der Waals surface area contributed by atoms with Gasteiger partial charge >= 0.3 is 5.97 Å². The molecular weight excluding hydrogens is 298 g/mol. The first kappa shape index (κ1) is 15.1. The Bertz CT molecular complexity index is 625. The van der Waals surface area contributed by atoms with E-state index in [2.05, 4.69) is 23.8 Å². The van der Waals surface area contributed by atoms with Crippen molar-refractivity contribution < 1.29 is 9.90 Å². The minimum Gasteiger partial charge on any atom is -0.481 e. The van der Waals surface area contributed by atoms with Gasteiger partial charge in [-0.15, -0.1) is 0 Å². The van der Waals surface area contributed by atoms with Crippen LogP contribution in [0.2, 0.25) is 5.02 Å². The highest BCUT2D eigenvalue weighted by Gasteiger charge is 2.19. The molecule has 2 heterocycles. The summed E-state index contributed by atoms with van der Waals surface area (Å²) in [5.74, 6) is -0.874. The molecule has 0 saturated carbocycles. The fourth-order valence-corrected chi connectivity index (χ4v) is 3.09. The Kier molecular flexibility index (Phi) is 4.88. The van der Waals surface area contributed by atoms with E-state index in [1.165, 1.54) is 11.8 Å². The lowest BCUT2D eigenvalue weighted by Crippen LogP contribution is -2.10. The number of rotatable bonds is 6. The van der Waals surface area contributed by atoms with Crippen LogP contribution in [0.5, 0.6) is 0 Å². The summed E-state index contributed by atoms with van der Waals surface area (Å²) in [5, 5.41) is 10.1. The Balaban J connectivity index is 2.52. The van der Waals surface area contributed by atoms with Gasteiger partial charge < -0.3 is 9.67 Å². The Morgan fingerprint density at radius 2 is 2.20 bits per heavy atom. The molecule has 1 N–H and O–H groups in total. The predicted molar refractivity (Wildman–Crippen MR) is 80.5 cm³/mol. The first-order chi connectivity index (χ1) is 9.56. The maximum Gasteiger partial charge on any atom is 0.313 e. The largest absolute Gasteiger partial charge is 0.481 e. The van der Waals surface area contributed by atoms with Crippen LogP contribution >= 0.6 is 23.4 Å². The van der Waals surface area contributed by atoms with E-state index < -0.39 is 5.97 Å². The summed E-state index contributed by atoms with van der Waals surface area (Å²) >= 11 is 7.16. The van der Waals surface area contributed by atoms with Gasteiger partial charge in [0.05, 0.1) is 10.8 Å². The second-order valence-electron chi connectivity index (χ2n) is 4.41. The highest BCUT2D eigenvalue weighted by Crippen LogP contribution is 2.30. The smallest absolute Gasteiger partial charge is 0.313 e. The van der Waals surface area contributed by atoms with E-state index >= 15 is 0 Å². The van der Waals surface area contributed by atoms with Crippen LogP contribution < -0.4 is 0 Å². The number of thioether (sulfide) groups is 1. The summed E-state index contributed by atoms with van der Waals surface area (Å²) in [7, 11) is 0. The highest BCUT2D eigenvalue weighted by molar-refractivity contribution is 7.99. The minimum absolute atomic E-state index is 0.0167. The van der Waals surface area contributed by atoms with Gasteiger partial charge in [0.1, 0.15) is 5.52 Å². The number of carbonyl (C=O) groups is 1. The van der Waals surface area contributed by atoms with Crippen LogP contribution in [-0.4, -0.2) is 31.4 Å². The summed E-state index contributed by atoms with van der Waals surface area (Å²) in [6, 6.07) is 2.01. The molecule has 0 bridgehead atoms. The van der Waals surface area contributed by atoms with E-state index in [1.54, 1.807) is 12.3 Å². The molecule has 0 aromatic carbocycles. The van der Waals surface area contributed by atoms with Crippen molar-refractivity contribution in [3.05, 3.63) is 17.3 Å². The van der Waals surface area contributed by atoms with Crippen LogP contribution in [0.1, 0.15) is 32.7 Å². The number of halogens is 1. The molecule has 2 aromatic heterocycles. The van der Waals surface area contributed by atoms with Crippen LogP contribution in [0.15, 0.2) is 17.4 Å². The molecule has 0 atom stereocenters. The molecule has 0 fully saturated rings. The first-order valence-electron chi connectivity index (χ1n) is 6.44. The van der Waals surface area contributed by atoms with Gasteiger partial charge in [-0.25, -0.2) is 9.97 Å². The molecule has 0 aliphatic rings. The molecule has 108 valence electrons. The molecule has 0 saturated heterocycles. The van der Waals surface area contributed by atoms with Gasteiger partial charge in [0.2, 0.25) is 0 Å². The van der Waals surface area contributed by atoms with E-state index in [0.29, 0.717) is 15.7 Å². The quantitative estimate of drug-likeness (QED) is 0.825. The zero-order valence-electron chi connectivity index (χ0n) is 11.3. The summed E-state index contributed by atoms with van der Waals surface area (Å²) in [6.07, 6.45) is 3.47. The third-order valence-corrected chi connectivity index (χ3v) is 4.24. The lowest BCUT2D eigenvalue weighted by atomic mass is 10.2. The highest BCUT2D eigenvalue weighted by atomic mass is 35.5. The van der Waals surface area contributed by atoms with Crippen molar-refractivity contribution in [1.29, 1.82) is 0 Å². The average molecular weight is 314 g/mol. The number of pyridine rings is 1. The molecule has 20 heavy (non-hydrogen) atoms. The van der Waals surface area contributed by atoms with Crippen LogP contribution in [0.3, 0.4) is 0 Å². The van der Waals surface area contributed by atoms with Gasteiger partial charge in [-0.3, -0.25) is 4.79 Å². The van der Waals surface area contributed by atoms with E-state index in [4.69, 9.17) is 16.7 Å². The molecule has 2 rings (SSSR count). The number of nitrogens with zero attached hydrogens (tertiary/aromatic N) is 3. The Morgan fingerprint density at radius 3 is 2.80 bits per heavy atom. The maximum atomic E-state index is 10.8. The minimum atomic E-state index is -0.857. The van der Waals surface area contributed by atoms with Crippen LogP contribution in [-0.2, 0) is 4.79 Å². The van der Waals surface area contributed by atoms with Gasteiger partial charge in [0.25, 0.3) is 0 Å². The Morgan fingerprint density at radius 1 is 1.50 bits per heavy atom. The zero-order valence-corrected chi connectivity index (χ0v) is 12.9. The van der Waals surface area contributed by atoms with Crippen molar-refractivity contribution in [2.45, 2.75) is 37.9 Å². The number of fused-ring (bicyclic) bond motifs is 1. The second-order valence-corrected chi connectivity index (χ2v) is 5.79. The lowest BCUT2D eigenvalue weighted by molar-refractivity contribution is -0.133. The van der Waals surface area contributed by atoms with Crippen molar-refractivity contribution in [3.63, 3.8) is 0 Å². The monoisotopic (exact) mass is 313 g/mol. The molecule has 5 nitrogen and oxygen atoms in total. The van der Waals surface area contributed by atoms with E-state index in [9.17, 15) is 4.79 Å². The summed E-state index contributed by atoms with van der Waals surface area (Å²) < 4.78 is 2.03. The molecule has 0 unspecified atom stereocenters. The van der Waals surface area contributed by atoms with E-state index in [0.717, 1.165) is 18.5 Å². The zero-order chi connectivity index (χ0) is 14.7. The van der Waals surface area contributed by atoms with E-state index in [1.807, 2.05) is 4.57 Å². The standard InChI is InChI=1S/C13H16ClN3O2S/c1-3-9(4-2)17-12-10(5-8(14)6-15-12)16-13(17)20-7-11(18)19/h5-6,9H,3-4,7H2,1-2H3,(H,18,19). The number of hydrogen-bond acceptors (Lipinski definition) is 4. The molecular formula is C13H16ClN3O2S. The van der Waals surface area contributed by atoms with Gasteiger partial charge in [0, 0.05) is 12.2 Å². The number of aromatic nitrogens is 3. The normalized spacial score (nSPS) is 11.4. The van der Waals surface area contributed by atoms with Gasteiger partial charge in [-0.05, 0) is 18.9 Å². The fraction of sp³-hybridized carbons (Fsp3) is 0.462. The molecule has 0 aliphatic carbocycles. The van der Waals surface area contributed by atoms with E-state index in [-0.39, 0.29) is 11.8 Å². The number of carboxylic acid groups (broad SMARTS) is 1. The van der Waals surface area contributed by atoms with Crippen molar-refractivity contribution in [1.82, 2.24) is 14.5 Å². The third kappa shape index (κ3) is 3.07. The van der Waals surface area contributed by atoms with Crippen LogP contribution in [0, 0.1) is 0 Å². The van der Waals surface area contributed by atoms with Crippen LogP contribution in [0.4, 0.5) is 0 Å². The lowest BCUT2D eigenvalue weighted by Gasteiger charge is -2.17. The summed E-state index contributed by atoms with van der Waals surface area (Å²) in [4.78, 5) is 19.6. The molecule has 0 amide bonds. The molecule has 0 radical (unpaired) electrons. The maximum absolute atomic E-state index is 10.8. The Labute approximate surface area is 126 Å². The SMILES string of the molecule is CCC(CC)n1c(SCC(=O)O)nc2cc(Cl)cnc21. The first-order valence-corrected chi connectivity index (χ1v) is 7.81. The van der Waals surface area contributed by atoms with Crippen molar-refractivity contribution in [3.8, 4) is 0 Å². The van der Waals surface area contributed by atoms with Crippen molar-refractivity contribution in [2.24, 2.45) is 0 Å². The summed E-state index contributed by atoms with van der Waals surface area (Å²) in [6.45, 7) is 4.20. The molecule has 0 aliphatic heterocycles. The van der Waals surface area contributed by atoms with Crippen molar-refractivity contribution >= 4 is 40.5 Å². The molecule has 2 aromatic rings. The van der Waals surface area contributed by atoms with Gasteiger partial charge in [0.15, 0.2) is 10.8 Å². The second kappa shape index (κ2) is 6.45. The molecule has 7 heteroatoms. The average Bonchev–Trinajstić information content (AvgIpc) is 2.76. The fourth-order valence-electron chi connectivity index (χ4n) is 2.15. The summed E-state index contributed by atoms with van der Waals surface area (Å²) in [5.41, 5.74) is 1.47. The number of imidazole rings is 1. The molecule has 0 spiro atoms. The number of carboxylic acids is 1. The Hall–Kier alpha value is -1.27. The topological polar surface area (TPSA) is 68.0 Å². The third-order valence-electron chi connectivity index (χ3n) is 3.10. The predicted octanol–water partition coefficient (Wildman–Crippen LogP) is 3.62. The number of hydrogen-bond donors (Lipinski definition) is 1. The van der Waals surface area contributed by atoms with Gasteiger partial charge in [-0.2, -0.15) is 0 Å². The number of aliphatic carboxylic acids is 1.